The number of rotatable bonds is 6. The molecule has 1 aromatic rings. The molecule has 0 radical (unpaired) electrons. The molecule has 0 aromatic heterocycles. The smallest absolute Gasteiger partial charge is 0.140 e. The molecule has 1 aromatic carbocycles. The first-order valence-corrected chi connectivity index (χ1v) is 5.97. The zero-order chi connectivity index (χ0) is 12.7. The van der Waals surface area contributed by atoms with Crippen LogP contribution in [0, 0.1) is 0 Å². The summed E-state index contributed by atoms with van der Waals surface area (Å²) >= 11 is 0. The molecule has 4 nitrogen and oxygen atoms in total. The number of amidine groups is 1. The van der Waals surface area contributed by atoms with E-state index in [2.05, 4.69) is 36.0 Å². The molecule has 0 saturated heterocycles. The Kier molecular flexibility index (Phi) is 5.33. The van der Waals surface area contributed by atoms with Crippen LogP contribution in [0.1, 0.15) is 26.7 Å². The minimum atomic E-state index is 0.272. The average molecular weight is 235 g/mol. The lowest BCUT2D eigenvalue weighted by molar-refractivity contribution is 0.317. The first kappa shape index (κ1) is 13.4. The molecule has 0 saturated carbocycles. The van der Waals surface area contributed by atoms with Crippen LogP contribution in [0.5, 0.6) is 0 Å². The quantitative estimate of drug-likeness (QED) is 0.344. The minimum Gasteiger partial charge on any atom is -0.409 e. The lowest BCUT2D eigenvalue weighted by atomic mass is 10.1. The van der Waals surface area contributed by atoms with Gasteiger partial charge in [-0.05, 0) is 25.5 Å². The molecule has 4 heteroatoms. The van der Waals surface area contributed by atoms with E-state index in [1.807, 2.05) is 18.2 Å². The molecule has 3 N–H and O–H groups in total. The first-order chi connectivity index (χ1) is 8.19. The molecule has 1 unspecified atom stereocenters. The van der Waals surface area contributed by atoms with Gasteiger partial charge in [0.2, 0.25) is 0 Å². The fraction of sp³-hybridized carbons (Fsp3) is 0.462. The van der Waals surface area contributed by atoms with Gasteiger partial charge in [0.15, 0.2) is 0 Å². The van der Waals surface area contributed by atoms with Crippen molar-refractivity contribution in [2.45, 2.75) is 32.7 Å². The van der Waals surface area contributed by atoms with Crippen LogP contribution in [0.4, 0.5) is 5.69 Å². The molecule has 0 bridgehead atoms. The van der Waals surface area contributed by atoms with Crippen molar-refractivity contribution >= 4 is 11.5 Å². The molecule has 0 amide bonds. The van der Waals surface area contributed by atoms with Gasteiger partial charge in [-0.15, -0.1) is 0 Å². The van der Waals surface area contributed by atoms with E-state index in [4.69, 9.17) is 10.9 Å². The SMILES string of the molecule is CCC(C)N(CC/C(N)=N/O)c1ccccc1. The van der Waals surface area contributed by atoms with Gasteiger partial charge in [0.05, 0.1) is 0 Å². The molecule has 94 valence electrons. The summed E-state index contributed by atoms with van der Waals surface area (Å²) in [5.74, 6) is 0.272. The van der Waals surface area contributed by atoms with E-state index in [1.54, 1.807) is 0 Å². The maximum Gasteiger partial charge on any atom is 0.140 e. The van der Waals surface area contributed by atoms with Gasteiger partial charge in [0.25, 0.3) is 0 Å². The number of oxime groups is 1. The van der Waals surface area contributed by atoms with E-state index in [9.17, 15) is 0 Å². The Morgan fingerprint density at radius 3 is 2.59 bits per heavy atom. The second kappa shape index (κ2) is 6.78. The van der Waals surface area contributed by atoms with Gasteiger partial charge in [-0.2, -0.15) is 0 Å². The van der Waals surface area contributed by atoms with Crippen molar-refractivity contribution in [1.29, 1.82) is 0 Å². The molecule has 0 aliphatic carbocycles. The van der Waals surface area contributed by atoms with Crippen LogP contribution < -0.4 is 10.6 Å². The van der Waals surface area contributed by atoms with Gasteiger partial charge in [0, 0.05) is 24.7 Å². The average Bonchev–Trinajstić information content (AvgIpc) is 2.39. The van der Waals surface area contributed by atoms with Crippen molar-refractivity contribution in [2.75, 3.05) is 11.4 Å². The van der Waals surface area contributed by atoms with E-state index < -0.39 is 0 Å². The van der Waals surface area contributed by atoms with Gasteiger partial charge in [-0.1, -0.05) is 30.3 Å². The molecular weight excluding hydrogens is 214 g/mol. The lowest BCUT2D eigenvalue weighted by Crippen LogP contribution is -2.35. The van der Waals surface area contributed by atoms with E-state index >= 15 is 0 Å². The maximum absolute atomic E-state index is 8.56. The third-order valence-corrected chi connectivity index (χ3v) is 2.95. The first-order valence-electron chi connectivity index (χ1n) is 5.97. The van der Waals surface area contributed by atoms with E-state index in [1.165, 1.54) is 5.69 Å². The van der Waals surface area contributed by atoms with E-state index in [0.717, 1.165) is 13.0 Å². The van der Waals surface area contributed by atoms with Gasteiger partial charge in [-0.3, -0.25) is 0 Å². The highest BCUT2D eigenvalue weighted by atomic mass is 16.4. The Morgan fingerprint density at radius 1 is 1.41 bits per heavy atom. The summed E-state index contributed by atoms with van der Waals surface area (Å²) < 4.78 is 0. The van der Waals surface area contributed by atoms with Crippen molar-refractivity contribution in [3.8, 4) is 0 Å². The Bertz CT molecular complexity index is 351. The molecule has 0 aliphatic rings. The molecule has 0 aliphatic heterocycles. The van der Waals surface area contributed by atoms with Crippen LogP contribution in [-0.4, -0.2) is 23.6 Å². The number of nitrogens with zero attached hydrogens (tertiary/aromatic N) is 2. The second-order valence-corrected chi connectivity index (χ2v) is 4.13. The number of para-hydroxylation sites is 1. The van der Waals surface area contributed by atoms with Crippen molar-refractivity contribution < 1.29 is 5.21 Å². The Labute approximate surface area is 103 Å². The molecule has 0 spiro atoms. The van der Waals surface area contributed by atoms with Gasteiger partial charge in [0.1, 0.15) is 5.84 Å². The summed E-state index contributed by atoms with van der Waals surface area (Å²) in [5.41, 5.74) is 6.69. The topological polar surface area (TPSA) is 61.8 Å². The second-order valence-electron chi connectivity index (χ2n) is 4.13. The molecule has 1 atom stereocenters. The van der Waals surface area contributed by atoms with Crippen molar-refractivity contribution in [2.24, 2.45) is 10.9 Å². The highest BCUT2D eigenvalue weighted by Crippen LogP contribution is 2.18. The van der Waals surface area contributed by atoms with Crippen LogP contribution in [0.25, 0.3) is 0 Å². The normalized spacial score (nSPS) is 13.4. The number of hydrogen-bond donors (Lipinski definition) is 2. The monoisotopic (exact) mass is 235 g/mol. The predicted molar refractivity (Wildman–Crippen MR) is 71.6 cm³/mol. The summed E-state index contributed by atoms with van der Waals surface area (Å²) in [6.07, 6.45) is 1.63. The standard InChI is InChI=1S/C13H21N3O/c1-3-11(2)16(10-9-13(14)15-17)12-7-5-4-6-8-12/h4-8,11,17H,3,9-10H2,1-2H3,(H2,14,15). The van der Waals surface area contributed by atoms with Crippen LogP contribution in [0.15, 0.2) is 35.5 Å². The minimum absolute atomic E-state index is 0.272. The summed E-state index contributed by atoms with van der Waals surface area (Å²) in [7, 11) is 0. The van der Waals surface area contributed by atoms with Crippen LogP contribution in [-0.2, 0) is 0 Å². The Balaban J connectivity index is 2.75. The van der Waals surface area contributed by atoms with Gasteiger partial charge >= 0.3 is 0 Å². The summed E-state index contributed by atoms with van der Waals surface area (Å²) in [5, 5.41) is 11.6. The number of anilines is 1. The third kappa shape index (κ3) is 3.98. The molecule has 1 rings (SSSR count). The van der Waals surface area contributed by atoms with Crippen molar-refractivity contribution in [1.82, 2.24) is 0 Å². The third-order valence-electron chi connectivity index (χ3n) is 2.95. The number of benzene rings is 1. The number of hydrogen-bond acceptors (Lipinski definition) is 3. The van der Waals surface area contributed by atoms with Crippen molar-refractivity contribution in [3.05, 3.63) is 30.3 Å². The zero-order valence-electron chi connectivity index (χ0n) is 10.5. The van der Waals surface area contributed by atoms with Gasteiger partial charge in [-0.25, -0.2) is 0 Å². The molecule has 0 fully saturated rings. The highest BCUT2D eigenvalue weighted by Gasteiger charge is 2.12. The molecule has 17 heavy (non-hydrogen) atoms. The fourth-order valence-corrected chi connectivity index (χ4v) is 1.73. The predicted octanol–water partition coefficient (Wildman–Crippen LogP) is 2.43. The van der Waals surface area contributed by atoms with Crippen LogP contribution >= 0.6 is 0 Å². The van der Waals surface area contributed by atoms with Crippen LogP contribution in [0.2, 0.25) is 0 Å². The zero-order valence-corrected chi connectivity index (χ0v) is 10.5. The summed E-state index contributed by atoms with van der Waals surface area (Å²) in [4.78, 5) is 2.28. The fourth-order valence-electron chi connectivity index (χ4n) is 1.73. The lowest BCUT2D eigenvalue weighted by Gasteiger charge is -2.30. The van der Waals surface area contributed by atoms with Crippen molar-refractivity contribution in [3.63, 3.8) is 0 Å². The highest BCUT2D eigenvalue weighted by molar-refractivity contribution is 5.80. The maximum atomic E-state index is 8.56. The Morgan fingerprint density at radius 2 is 2.06 bits per heavy atom. The van der Waals surface area contributed by atoms with E-state index in [0.29, 0.717) is 12.5 Å². The summed E-state index contributed by atoms with van der Waals surface area (Å²) in [6.45, 7) is 5.10. The Hall–Kier alpha value is -1.71. The molecular formula is C13H21N3O. The van der Waals surface area contributed by atoms with Crippen LogP contribution in [0.3, 0.4) is 0 Å². The summed E-state index contributed by atoms with van der Waals surface area (Å²) in [6, 6.07) is 10.6. The largest absolute Gasteiger partial charge is 0.409 e. The van der Waals surface area contributed by atoms with Gasteiger partial charge < -0.3 is 15.8 Å². The van der Waals surface area contributed by atoms with E-state index in [-0.39, 0.29) is 5.84 Å². The number of nitrogens with two attached hydrogens (primary N) is 1. The molecule has 0 heterocycles.